The Bertz CT molecular complexity index is 1020. The molecule has 0 spiro atoms. The number of aromatic nitrogens is 1. The van der Waals surface area contributed by atoms with Gasteiger partial charge in [-0.3, -0.25) is 9.69 Å². The molecule has 0 radical (unpaired) electrons. The summed E-state index contributed by atoms with van der Waals surface area (Å²) in [4.78, 5) is 20.4. The van der Waals surface area contributed by atoms with Crippen LogP contribution in [0.2, 0.25) is 0 Å². The molecule has 7 heteroatoms. The van der Waals surface area contributed by atoms with Crippen molar-refractivity contribution in [3.63, 3.8) is 0 Å². The van der Waals surface area contributed by atoms with E-state index in [0.29, 0.717) is 26.2 Å². The molecular weight excluding hydrogens is 410 g/mol. The summed E-state index contributed by atoms with van der Waals surface area (Å²) in [6.07, 6.45) is 0.930. The Labute approximate surface area is 186 Å². The normalized spacial score (nSPS) is 16.1. The molecule has 3 aromatic rings. The van der Waals surface area contributed by atoms with E-state index >= 15 is 0 Å². The van der Waals surface area contributed by atoms with Gasteiger partial charge < -0.3 is 14.8 Å². The molecule has 1 aliphatic rings. The number of nitrogens with one attached hydrogen (secondary N) is 1. The fourth-order valence-corrected chi connectivity index (χ4v) is 4.45. The molecule has 1 aromatic heterocycles. The van der Waals surface area contributed by atoms with Gasteiger partial charge in [0.2, 0.25) is 5.91 Å². The van der Waals surface area contributed by atoms with E-state index in [1.807, 2.05) is 54.0 Å². The molecule has 31 heavy (non-hydrogen) atoms. The lowest BCUT2D eigenvalue weighted by Gasteiger charge is -2.22. The zero-order valence-electron chi connectivity index (χ0n) is 17.8. The highest BCUT2D eigenvalue weighted by atomic mass is 32.1. The van der Waals surface area contributed by atoms with E-state index < -0.39 is 0 Å². The number of hydrogen-bond donors (Lipinski definition) is 1. The first-order valence-corrected chi connectivity index (χ1v) is 11.3. The smallest absolute Gasteiger partial charge is 0.234 e. The molecule has 0 saturated heterocycles. The van der Waals surface area contributed by atoms with Crippen LogP contribution in [0.5, 0.6) is 11.5 Å². The minimum atomic E-state index is -0.00592. The molecule has 1 atom stereocenters. The largest absolute Gasteiger partial charge is 0.497 e. The Kier molecular flexibility index (Phi) is 6.84. The molecule has 4 rings (SSSR count). The number of carbonyl (C=O) groups excluding carboxylic acids is 1. The van der Waals surface area contributed by atoms with Crippen LogP contribution in [-0.4, -0.2) is 42.1 Å². The third-order valence-corrected chi connectivity index (χ3v) is 6.21. The Morgan fingerprint density at radius 2 is 2.13 bits per heavy atom. The topological polar surface area (TPSA) is 63.7 Å². The number of carbonyl (C=O) groups is 1. The summed E-state index contributed by atoms with van der Waals surface area (Å²) in [5, 5.41) is 3.07. The Morgan fingerprint density at radius 1 is 1.29 bits per heavy atom. The number of fused-ring (bicyclic) bond motifs is 1. The van der Waals surface area contributed by atoms with Crippen LogP contribution in [0.1, 0.15) is 23.8 Å². The Hall–Kier alpha value is -2.90. The van der Waals surface area contributed by atoms with Gasteiger partial charge in [-0.2, -0.15) is 0 Å². The van der Waals surface area contributed by atoms with E-state index in [4.69, 9.17) is 9.47 Å². The van der Waals surface area contributed by atoms with Gasteiger partial charge in [0.25, 0.3) is 0 Å². The predicted molar refractivity (Wildman–Crippen MR) is 122 cm³/mol. The summed E-state index contributed by atoms with van der Waals surface area (Å²) in [6.45, 7) is 4.24. The number of thiazole rings is 1. The van der Waals surface area contributed by atoms with E-state index in [0.717, 1.165) is 39.6 Å². The first-order valence-electron chi connectivity index (χ1n) is 10.5. The van der Waals surface area contributed by atoms with Crippen LogP contribution in [0.3, 0.4) is 0 Å². The van der Waals surface area contributed by atoms with Crippen molar-refractivity contribution in [3.8, 4) is 22.8 Å². The molecule has 0 saturated carbocycles. The minimum absolute atomic E-state index is 0.00592. The SMILES string of the molecule is CC[C@H]1CN(CC(=O)NCc2scnc2-c2ccccc2)Cc2cc(OC)ccc2O1. The fraction of sp³-hybridized carbons (Fsp3) is 0.333. The van der Waals surface area contributed by atoms with Crippen molar-refractivity contribution in [2.45, 2.75) is 32.5 Å². The lowest BCUT2D eigenvalue weighted by atomic mass is 10.1. The predicted octanol–water partition coefficient (Wildman–Crippen LogP) is 4.11. The van der Waals surface area contributed by atoms with Gasteiger partial charge in [0.1, 0.15) is 17.6 Å². The van der Waals surface area contributed by atoms with E-state index in [1.165, 1.54) is 0 Å². The zero-order chi connectivity index (χ0) is 21.6. The van der Waals surface area contributed by atoms with E-state index in [1.54, 1.807) is 18.4 Å². The van der Waals surface area contributed by atoms with Gasteiger partial charge in [-0.05, 0) is 24.6 Å². The van der Waals surface area contributed by atoms with Gasteiger partial charge in [0, 0.05) is 24.2 Å². The van der Waals surface area contributed by atoms with Crippen molar-refractivity contribution in [1.82, 2.24) is 15.2 Å². The van der Waals surface area contributed by atoms with Crippen LogP contribution < -0.4 is 14.8 Å². The van der Waals surface area contributed by atoms with E-state index in [9.17, 15) is 4.79 Å². The van der Waals surface area contributed by atoms with Gasteiger partial charge in [-0.25, -0.2) is 4.98 Å². The number of rotatable bonds is 7. The molecule has 0 bridgehead atoms. The summed E-state index contributed by atoms with van der Waals surface area (Å²) in [6, 6.07) is 15.9. The maximum Gasteiger partial charge on any atom is 0.234 e. The number of methoxy groups -OCH3 is 1. The quantitative estimate of drug-likeness (QED) is 0.603. The van der Waals surface area contributed by atoms with Crippen LogP contribution in [0.4, 0.5) is 0 Å². The summed E-state index contributed by atoms with van der Waals surface area (Å²) < 4.78 is 11.5. The maximum absolute atomic E-state index is 12.8. The van der Waals surface area contributed by atoms with Gasteiger partial charge in [0.15, 0.2) is 0 Å². The molecule has 0 unspecified atom stereocenters. The van der Waals surface area contributed by atoms with Crippen LogP contribution in [0.15, 0.2) is 54.0 Å². The van der Waals surface area contributed by atoms with Crippen LogP contribution in [-0.2, 0) is 17.9 Å². The van der Waals surface area contributed by atoms with Gasteiger partial charge >= 0.3 is 0 Å². The van der Waals surface area contributed by atoms with Crippen molar-refractivity contribution in [2.75, 3.05) is 20.2 Å². The summed E-state index contributed by atoms with van der Waals surface area (Å²) in [5.74, 6) is 1.65. The van der Waals surface area contributed by atoms with Crippen molar-refractivity contribution in [2.24, 2.45) is 0 Å². The second kappa shape index (κ2) is 9.94. The molecule has 1 aliphatic heterocycles. The van der Waals surface area contributed by atoms with E-state index in [2.05, 4.69) is 22.1 Å². The third-order valence-electron chi connectivity index (χ3n) is 5.37. The standard InChI is InChI=1S/C24H27N3O3S/c1-3-19-14-27(13-18-11-20(29-2)9-10-21(18)30-19)15-23(28)25-12-22-24(26-16-31-22)17-7-5-4-6-8-17/h4-11,16,19H,3,12-15H2,1-2H3,(H,25,28)/t19-/m0/s1. The van der Waals surface area contributed by atoms with Crippen LogP contribution in [0, 0.1) is 0 Å². The molecule has 6 nitrogen and oxygen atoms in total. The second-order valence-electron chi connectivity index (χ2n) is 7.56. The number of amides is 1. The van der Waals surface area contributed by atoms with Crippen LogP contribution in [0.25, 0.3) is 11.3 Å². The fourth-order valence-electron chi connectivity index (χ4n) is 3.73. The van der Waals surface area contributed by atoms with Crippen molar-refractivity contribution in [3.05, 3.63) is 64.5 Å². The van der Waals surface area contributed by atoms with Crippen molar-refractivity contribution < 1.29 is 14.3 Å². The van der Waals surface area contributed by atoms with Gasteiger partial charge in [0.05, 0.1) is 36.3 Å². The molecule has 2 aromatic carbocycles. The first kappa shape index (κ1) is 21.3. The second-order valence-corrected chi connectivity index (χ2v) is 8.50. The highest BCUT2D eigenvalue weighted by molar-refractivity contribution is 7.10. The first-order chi connectivity index (χ1) is 15.2. The van der Waals surface area contributed by atoms with Crippen LogP contribution >= 0.6 is 11.3 Å². The number of ether oxygens (including phenoxy) is 2. The average Bonchev–Trinajstić information content (AvgIpc) is 3.19. The molecule has 1 N–H and O–H groups in total. The highest BCUT2D eigenvalue weighted by Crippen LogP contribution is 2.29. The number of nitrogens with zero attached hydrogens (tertiary/aromatic N) is 2. The summed E-state index contributed by atoms with van der Waals surface area (Å²) in [5.41, 5.74) is 4.86. The lowest BCUT2D eigenvalue weighted by Crippen LogP contribution is -2.40. The molecule has 1 amide bonds. The maximum atomic E-state index is 12.8. The van der Waals surface area contributed by atoms with Gasteiger partial charge in [-0.1, -0.05) is 37.3 Å². The number of benzene rings is 2. The average molecular weight is 438 g/mol. The molecule has 0 fully saturated rings. The molecule has 0 aliphatic carbocycles. The monoisotopic (exact) mass is 437 g/mol. The molecular formula is C24H27N3O3S. The number of hydrogen-bond acceptors (Lipinski definition) is 6. The molecule has 2 heterocycles. The van der Waals surface area contributed by atoms with Gasteiger partial charge in [-0.15, -0.1) is 11.3 Å². The lowest BCUT2D eigenvalue weighted by molar-refractivity contribution is -0.122. The minimum Gasteiger partial charge on any atom is -0.497 e. The van der Waals surface area contributed by atoms with Crippen molar-refractivity contribution >= 4 is 17.2 Å². The highest BCUT2D eigenvalue weighted by Gasteiger charge is 2.24. The Morgan fingerprint density at radius 3 is 2.90 bits per heavy atom. The Balaban J connectivity index is 1.41. The third kappa shape index (κ3) is 5.24. The van der Waals surface area contributed by atoms with Crippen molar-refractivity contribution in [1.29, 1.82) is 0 Å². The summed E-state index contributed by atoms with van der Waals surface area (Å²) in [7, 11) is 1.66. The van der Waals surface area contributed by atoms with E-state index in [-0.39, 0.29) is 12.0 Å². The summed E-state index contributed by atoms with van der Waals surface area (Å²) >= 11 is 1.56. The zero-order valence-corrected chi connectivity index (χ0v) is 18.7. The molecule has 162 valence electrons.